The molecule has 1 aromatic carbocycles. The third kappa shape index (κ3) is 2.29. The lowest BCUT2D eigenvalue weighted by Gasteiger charge is -2.24. The SMILES string of the molecule is C[N+](C)(C)Cc1c(O)ccc(O)c1O. The quantitative estimate of drug-likeness (QED) is 0.377. The van der Waals surface area contributed by atoms with Gasteiger partial charge in [-0.15, -0.1) is 0 Å². The molecule has 4 heteroatoms. The highest BCUT2D eigenvalue weighted by molar-refractivity contribution is 5.51. The molecule has 1 rings (SSSR count). The first kappa shape index (κ1) is 10.7. The Morgan fingerprint density at radius 2 is 1.50 bits per heavy atom. The molecule has 14 heavy (non-hydrogen) atoms. The van der Waals surface area contributed by atoms with Crippen LogP contribution in [0.15, 0.2) is 12.1 Å². The summed E-state index contributed by atoms with van der Waals surface area (Å²) in [5, 5.41) is 28.3. The topological polar surface area (TPSA) is 60.7 Å². The fraction of sp³-hybridized carbons (Fsp3) is 0.400. The van der Waals surface area contributed by atoms with Crippen LogP contribution in [0, 0.1) is 0 Å². The maximum absolute atomic E-state index is 9.52. The molecule has 0 amide bonds. The van der Waals surface area contributed by atoms with Gasteiger partial charge in [0.2, 0.25) is 0 Å². The maximum atomic E-state index is 9.52. The van der Waals surface area contributed by atoms with Gasteiger partial charge in [0.1, 0.15) is 12.3 Å². The van der Waals surface area contributed by atoms with Crippen LogP contribution in [0.4, 0.5) is 0 Å². The zero-order chi connectivity index (χ0) is 10.9. The zero-order valence-electron chi connectivity index (χ0n) is 8.65. The second kappa shape index (κ2) is 3.38. The van der Waals surface area contributed by atoms with Crippen molar-refractivity contribution in [2.24, 2.45) is 0 Å². The fourth-order valence-corrected chi connectivity index (χ4v) is 1.24. The number of hydrogen-bond acceptors (Lipinski definition) is 3. The van der Waals surface area contributed by atoms with Crippen molar-refractivity contribution in [1.82, 2.24) is 0 Å². The summed E-state index contributed by atoms with van der Waals surface area (Å²) < 4.78 is 0.560. The Balaban J connectivity index is 3.13. The highest BCUT2D eigenvalue weighted by Crippen LogP contribution is 2.36. The second-order valence-corrected chi connectivity index (χ2v) is 4.38. The van der Waals surface area contributed by atoms with Crippen LogP contribution in [0.1, 0.15) is 5.56 Å². The van der Waals surface area contributed by atoms with Gasteiger partial charge in [0, 0.05) is 0 Å². The van der Waals surface area contributed by atoms with Crippen LogP contribution in [-0.2, 0) is 6.54 Å². The summed E-state index contributed by atoms with van der Waals surface area (Å²) >= 11 is 0. The average Bonchev–Trinajstić information content (AvgIpc) is 2.04. The lowest BCUT2D eigenvalue weighted by atomic mass is 10.1. The largest absolute Gasteiger partial charge is 0.507 e. The van der Waals surface area contributed by atoms with Crippen LogP contribution < -0.4 is 0 Å². The van der Waals surface area contributed by atoms with E-state index in [0.717, 1.165) is 0 Å². The summed E-state index contributed by atoms with van der Waals surface area (Å²) in [6.07, 6.45) is 0. The van der Waals surface area contributed by atoms with Crippen LogP contribution in [-0.4, -0.2) is 40.9 Å². The molecular formula is C10H16NO3+. The molecule has 0 aliphatic rings. The van der Waals surface area contributed by atoms with Crippen molar-refractivity contribution in [3.63, 3.8) is 0 Å². The average molecular weight is 198 g/mol. The Labute approximate surface area is 83.2 Å². The number of rotatable bonds is 2. The monoisotopic (exact) mass is 198 g/mol. The van der Waals surface area contributed by atoms with Gasteiger partial charge in [-0.25, -0.2) is 0 Å². The first-order chi connectivity index (χ1) is 6.31. The molecule has 0 aliphatic heterocycles. The molecule has 0 atom stereocenters. The van der Waals surface area contributed by atoms with E-state index in [9.17, 15) is 15.3 Å². The minimum atomic E-state index is -0.238. The molecule has 3 N–H and O–H groups in total. The van der Waals surface area contributed by atoms with Crippen LogP contribution in [0.25, 0.3) is 0 Å². The van der Waals surface area contributed by atoms with E-state index >= 15 is 0 Å². The summed E-state index contributed by atoms with van der Waals surface area (Å²) in [4.78, 5) is 0. The molecule has 0 saturated heterocycles. The van der Waals surface area contributed by atoms with E-state index in [0.29, 0.717) is 16.6 Å². The number of hydrogen-bond donors (Lipinski definition) is 3. The summed E-state index contributed by atoms with van der Waals surface area (Å²) in [5.74, 6) is -0.433. The van der Waals surface area contributed by atoms with Gasteiger partial charge in [-0.05, 0) is 12.1 Å². The van der Waals surface area contributed by atoms with Crippen molar-refractivity contribution in [3.05, 3.63) is 17.7 Å². The molecule has 0 aliphatic carbocycles. The maximum Gasteiger partial charge on any atom is 0.170 e. The van der Waals surface area contributed by atoms with Crippen LogP contribution in [0.5, 0.6) is 17.2 Å². The van der Waals surface area contributed by atoms with E-state index in [-0.39, 0.29) is 17.2 Å². The zero-order valence-corrected chi connectivity index (χ0v) is 8.65. The smallest absolute Gasteiger partial charge is 0.170 e. The molecule has 0 radical (unpaired) electrons. The van der Waals surface area contributed by atoms with Gasteiger partial charge in [0.05, 0.1) is 26.7 Å². The van der Waals surface area contributed by atoms with E-state index in [1.807, 2.05) is 21.1 Å². The van der Waals surface area contributed by atoms with Crippen molar-refractivity contribution in [2.75, 3.05) is 21.1 Å². The molecule has 0 fully saturated rings. The Morgan fingerprint density at radius 3 is 2.00 bits per heavy atom. The molecule has 0 heterocycles. The van der Waals surface area contributed by atoms with E-state index in [1.54, 1.807) is 0 Å². The molecule has 0 unspecified atom stereocenters. The third-order valence-electron chi connectivity index (χ3n) is 1.87. The number of phenols is 3. The van der Waals surface area contributed by atoms with Crippen molar-refractivity contribution in [3.8, 4) is 17.2 Å². The molecule has 0 aromatic heterocycles. The number of aromatic hydroxyl groups is 3. The first-order valence-corrected chi connectivity index (χ1v) is 4.34. The Morgan fingerprint density at radius 1 is 1.00 bits per heavy atom. The lowest BCUT2D eigenvalue weighted by Crippen LogP contribution is -2.33. The second-order valence-electron chi connectivity index (χ2n) is 4.38. The van der Waals surface area contributed by atoms with Crippen molar-refractivity contribution in [1.29, 1.82) is 0 Å². The van der Waals surface area contributed by atoms with Gasteiger partial charge in [-0.2, -0.15) is 0 Å². The normalized spacial score (nSPS) is 11.6. The van der Waals surface area contributed by atoms with E-state index in [2.05, 4.69) is 0 Å². The Kier molecular flexibility index (Phi) is 2.57. The molecule has 1 aromatic rings. The van der Waals surface area contributed by atoms with Gasteiger partial charge in [-0.3, -0.25) is 0 Å². The number of nitrogens with zero attached hydrogens (tertiary/aromatic N) is 1. The number of phenolic OH excluding ortho intramolecular Hbond substituents is 3. The van der Waals surface area contributed by atoms with Gasteiger partial charge in [0.25, 0.3) is 0 Å². The molecule has 0 spiro atoms. The Bertz CT molecular complexity index is 342. The van der Waals surface area contributed by atoms with Crippen LogP contribution in [0.3, 0.4) is 0 Å². The van der Waals surface area contributed by atoms with Gasteiger partial charge in [0.15, 0.2) is 11.5 Å². The molecule has 78 valence electrons. The summed E-state index contributed by atoms with van der Waals surface area (Å²) in [6, 6.07) is 2.64. The summed E-state index contributed by atoms with van der Waals surface area (Å²) in [7, 11) is 5.80. The highest BCUT2D eigenvalue weighted by Gasteiger charge is 2.18. The number of benzene rings is 1. The van der Waals surface area contributed by atoms with Gasteiger partial charge in [-0.1, -0.05) is 0 Å². The van der Waals surface area contributed by atoms with E-state index in [1.165, 1.54) is 12.1 Å². The van der Waals surface area contributed by atoms with E-state index in [4.69, 9.17) is 0 Å². The fourth-order valence-electron chi connectivity index (χ4n) is 1.24. The molecule has 0 bridgehead atoms. The van der Waals surface area contributed by atoms with Crippen LogP contribution >= 0.6 is 0 Å². The predicted molar refractivity (Wildman–Crippen MR) is 53.2 cm³/mol. The molecule has 4 nitrogen and oxygen atoms in total. The van der Waals surface area contributed by atoms with Crippen molar-refractivity contribution >= 4 is 0 Å². The third-order valence-corrected chi connectivity index (χ3v) is 1.87. The minimum Gasteiger partial charge on any atom is -0.507 e. The van der Waals surface area contributed by atoms with Gasteiger partial charge < -0.3 is 19.8 Å². The summed E-state index contributed by atoms with van der Waals surface area (Å²) in [6.45, 7) is 0.450. The predicted octanol–water partition coefficient (Wildman–Crippen LogP) is 1.01. The van der Waals surface area contributed by atoms with E-state index < -0.39 is 0 Å². The van der Waals surface area contributed by atoms with Crippen LogP contribution in [0.2, 0.25) is 0 Å². The lowest BCUT2D eigenvalue weighted by molar-refractivity contribution is -0.884. The number of quaternary nitrogens is 1. The van der Waals surface area contributed by atoms with Gasteiger partial charge >= 0.3 is 0 Å². The standard InChI is InChI=1S/C10H15NO3/c1-11(2,3)6-7-8(12)4-5-9(13)10(7)14/h4-5H,6H2,1-3H3,(H2-,12,13,14)/p+1. The Hall–Kier alpha value is -1.42. The first-order valence-electron chi connectivity index (χ1n) is 4.34. The molecular weight excluding hydrogens is 182 g/mol. The highest BCUT2D eigenvalue weighted by atomic mass is 16.3. The summed E-state index contributed by atoms with van der Waals surface area (Å²) in [5.41, 5.74) is 0.373. The van der Waals surface area contributed by atoms with Crippen molar-refractivity contribution in [2.45, 2.75) is 6.54 Å². The molecule has 0 saturated carbocycles. The minimum absolute atomic E-state index is 0.00773. The van der Waals surface area contributed by atoms with Crippen molar-refractivity contribution < 1.29 is 19.8 Å².